The van der Waals surface area contributed by atoms with Crippen LogP contribution in [0.15, 0.2) is 0 Å². The lowest BCUT2D eigenvalue weighted by Gasteiger charge is -2.18. The molecule has 66 valence electrons. The van der Waals surface area contributed by atoms with Gasteiger partial charge >= 0.3 is 0 Å². The van der Waals surface area contributed by atoms with Crippen molar-refractivity contribution < 1.29 is 0 Å². The molecule has 2 unspecified atom stereocenters. The van der Waals surface area contributed by atoms with Crippen molar-refractivity contribution in [3.05, 3.63) is 0 Å². The van der Waals surface area contributed by atoms with Crippen LogP contribution >= 0.6 is 0 Å². The molecule has 2 atom stereocenters. The summed E-state index contributed by atoms with van der Waals surface area (Å²) in [5.74, 6) is 0.834. The highest BCUT2D eigenvalue weighted by Crippen LogP contribution is 2.11. The van der Waals surface area contributed by atoms with Crippen molar-refractivity contribution in [2.24, 2.45) is 11.7 Å². The summed E-state index contributed by atoms with van der Waals surface area (Å²) in [4.78, 5) is 2.48. The van der Waals surface area contributed by atoms with Crippen LogP contribution in [0.4, 0.5) is 0 Å². The van der Waals surface area contributed by atoms with Crippen molar-refractivity contribution in [1.29, 1.82) is 0 Å². The molecule has 1 rings (SSSR count). The smallest absolute Gasteiger partial charge is 0.0180 e. The van der Waals surface area contributed by atoms with Gasteiger partial charge in [0.2, 0.25) is 0 Å². The molecule has 0 radical (unpaired) electrons. The fourth-order valence-corrected chi connectivity index (χ4v) is 1.60. The first-order chi connectivity index (χ1) is 5.22. The molecule has 0 saturated carbocycles. The summed E-state index contributed by atoms with van der Waals surface area (Å²) in [6, 6.07) is 0.444. The largest absolute Gasteiger partial charge is 0.326 e. The van der Waals surface area contributed by atoms with E-state index in [1.165, 1.54) is 25.9 Å². The summed E-state index contributed by atoms with van der Waals surface area (Å²) in [7, 11) is 0. The Labute approximate surface area is 69.8 Å². The summed E-state index contributed by atoms with van der Waals surface area (Å²) in [6.45, 7) is 8.13. The molecule has 0 bridgehead atoms. The summed E-state index contributed by atoms with van der Waals surface area (Å²) in [5, 5.41) is 0. The molecule has 0 aromatic heterocycles. The molecular weight excluding hydrogens is 136 g/mol. The minimum atomic E-state index is 0.444. The number of nitrogens with zero attached hydrogens (tertiary/aromatic N) is 1. The van der Waals surface area contributed by atoms with Crippen LogP contribution in [0.25, 0.3) is 0 Å². The Hall–Kier alpha value is -0.0800. The van der Waals surface area contributed by atoms with E-state index in [1.807, 2.05) is 0 Å². The number of hydrogen-bond acceptors (Lipinski definition) is 2. The first-order valence-corrected chi connectivity index (χ1v) is 4.70. The quantitative estimate of drug-likeness (QED) is 0.662. The second-order valence-electron chi connectivity index (χ2n) is 3.82. The lowest BCUT2D eigenvalue weighted by atomic mass is 10.1. The SMILES string of the molecule is CCC(C)CN1CCC(N)C1. The Balaban J connectivity index is 2.17. The molecule has 0 aromatic carbocycles. The van der Waals surface area contributed by atoms with Gasteiger partial charge in [-0.05, 0) is 18.9 Å². The monoisotopic (exact) mass is 156 g/mol. The zero-order valence-corrected chi connectivity index (χ0v) is 7.71. The Morgan fingerprint density at radius 3 is 2.82 bits per heavy atom. The summed E-state index contributed by atoms with van der Waals surface area (Å²) in [6.07, 6.45) is 2.47. The van der Waals surface area contributed by atoms with E-state index in [1.54, 1.807) is 0 Å². The first-order valence-electron chi connectivity index (χ1n) is 4.70. The van der Waals surface area contributed by atoms with Crippen molar-refractivity contribution in [2.75, 3.05) is 19.6 Å². The van der Waals surface area contributed by atoms with Gasteiger partial charge in [0, 0.05) is 19.1 Å². The number of likely N-dealkylation sites (tertiary alicyclic amines) is 1. The minimum Gasteiger partial charge on any atom is -0.326 e. The van der Waals surface area contributed by atoms with Crippen LogP contribution in [0.3, 0.4) is 0 Å². The topological polar surface area (TPSA) is 29.3 Å². The Bertz CT molecular complexity index is 114. The molecule has 2 nitrogen and oxygen atoms in total. The van der Waals surface area contributed by atoms with Crippen LogP contribution in [0.5, 0.6) is 0 Å². The highest BCUT2D eigenvalue weighted by molar-refractivity contribution is 4.78. The predicted molar refractivity (Wildman–Crippen MR) is 48.5 cm³/mol. The molecule has 0 aromatic rings. The van der Waals surface area contributed by atoms with Crippen molar-refractivity contribution in [3.8, 4) is 0 Å². The van der Waals surface area contributed by atoms with E-state index in [4.69, 9.17) is 5.73 Å². The lowest BCUT2D eigenvalue weighted by Crippen LogP contribution is -2.29. The molecule has 1 fully saturated rings. The molecule has 2 heteroatoms. The van der Waals surface area contributed by atoms with Gasteiger partial charge in [0.1, 0.15) is 0 Å². The maximum atomic E-state index is 5.80. The second-order valence-corrected chi connectivity index (χ2v) is 3.82. The van der Waals surface area contributed by atoms with Gasteiger partial charge in [0.25, 0.3) is 0 Å². The summed E-state index contributed by atoms with van der Waals surface area (Å²) in [5.41, 5.74) is 5.80. The number of nitrogens with two attached hydrogens (primary N) is 1. The lowest BCUT2D eigenvalue weighted by molar-refractivity contribution is 0.281. The minimum absolute atomic E-state index is 0.444. The van der Waals surface area contributed by atoms with Gasteiger partial charge in [0.15, 0.2) is 0 Å². The van der Waals surface area contributed by atoms with Gasteiger partial charge in [0.05, 0.1) is 0 Å². The highest BCUT2D eigenvalue weighted by Gasteiger charge is 2.19. The van der Waals surface area contributed by atoms with Gasteiger partial charge in [-0.2, -0.15) is 0 Å². The van der Waals surface area contributed by atoms with Crippen LogP contribution in [0.1, 0.15) is 26.7 Å². The Morgan fingerprint density at radius 2 is 2.36 bits per heavy atom. The predicted octanol–water partition coefficient (Wildman–Crippen LogP) is 1.07. The van der Waals surface area contributed by atoms with E-state index in [9.17, 15) is 0 Å². The van der Waals surface area contributed by atoms with Crippen molar-refractivity contribution >= 4 is 0 Å². The Morgan fingerprint density at radius 1 is 1.64 bits per heavy atom. The second kappa shape index (κ2) is 4.07. The highest BCUT2D eigenvalue weighted by atomic mass is 15.2. The van der Waals surface area contributed by atoms with Gasteiger partial charge < -0.3 is 10.6 Å². The third-order valence-electron chi connectivity index (χ3n) is 2.58. The average molecular weight is 156 g/mol. The fourth-order valence-electron chi connectivity index (χ4n) is 1.60. The molecule has 1 aliphatic heterocycles. The molecule has 0 amide bonds. The van der Waals surface area contributed by atoms with Crippen LogP contribution in [0, 0.1) is 5.92 Å². The van der Waals surface area contributed by atoms with Crippen LogP contribution in [-0.2, 0) is 0 Å². The third-order valence-corrected chi connectivity index (χ3v) is 2.58. The van der Waals surface area contributed by atoms with Gasteiger partial charge in [-0.1, -0.05) is 20.3 Å². The maximum Gasteiger partial charge on any atom is 0.0180 e. The van der Waals surface area contributed by atoms with Gasteiger partial charge in [-0.3, -0.25) is 0 Å². The molecule has 1 aliphatic rings. The first kappa shape index (κ1) is 9.01. The molecular formula is C9H20N2. The molecule has 11 heavy (non-hydrogen) atoms. The molecule has 0 spiro atoms. The molecule has 1 saturated heterocycles. The zero-order chi connectivity index (χ0) is 8.27. The molecule has 2 N–H and O–H groups in total. The fraction of sp³-hybridized carbons (Fsp3) is 1.00. The van der Waals surface area contributed by atoms with Gasteiger partial charge in [-0.15, -0.1) is 0 Å². The van der Waals surface area contributed by atoms with Gasteiger partial charge in [-0.25, -0.2) is 0 Å². The average Bonchev–Trinajstić information content (AvgIpc) is 2.35. The third kappa shape index (κ3) is 2.80. The van der Waals surface area contributed by atoms with E-state index in [-0.39, 0.29) is 0 Å². The van der Waals surface area contributed by atoms with Crippen molar-refractivity contribution in [2.45, 2.75) is 32.7 Å². The van der Waals surface area contributed by atoms with Crippen LogP contribution < -0.4 is 5.73 Å². The summed E-state index contributed by atoms with van der Waals surface area (Å²) >= 11 is 0. The van der Waals surface area contributed by atoms with Crippen molar-refractivity contribution in [3.63, 3.8) is 0 Å². The van der Waals surface area contributed by atoms with Crippen molar-refractivity contribution in [1.82, 2.24) is 4.90 Å². The van der Waals surface area contributed by atoms with E-state index in [0.29, 0.717) is 6.04 Å². The summed E-state index contributed by atoms with van der Waals surface area (Å²) < 4.78 is 0. The van der Waals surface area contributed by atoms with E-state index in [0.717, 1.165) is 12.5 Å². The van der Waals surface area contributed by atoms with E-state index >= 15 is 0 Å². The standard InChI is InChI=1S/C9H20N2/c1-3-8(2)6-11-5-4-9(10)7-11/h8-9H,3-7,10H2,1-2H3. The molecule has 0 aliphatic carbocycles. The maximum absolute atomic E-state index is 5.80. The van der Waals surface area contributed by atoms with E-state index in [2.05, 4.69) is 18.7 Å². The Kier molecular flexibility index (Phi) is 3.34. The number of rotatable bonds is 3. The van der Waals surface area contributed by atoms with Crippen LogP contribution in [-0.4, -0.2) is 30.6 Å². The molecule has 1 heterocycles. The van der Waals surface area contributed by atoms with E-state index < -0.39 is 0 Å². The zero-order valence-electron chi connectivity index (χ0n) is 7.71. The van der Waals surface area contributed by atoms with Crippen LogP contribution in [0.2, 0.25) is 0 Å². The normalized spacial score (nSPS) is 29.2. The number of hydrogen-bond donors (Lipinski definition) is 1.